The summed E-state index contributed by atoms with van der Waals surface area (Å²) in [6.07, 6.45) is 0.860. The molecule has 1 aliphatic heterocycles. The minimum absolute atomic E-state index is 0. The fourth-order valence-electron chi connectivity index (χ4n) is 2.97. The maximum absolute atomic E-state index is 11.8. The first-order chi connectivity index (χ1) is 13.0. The Balaban J connectivity index is 0.00000392. The van der Waals surface area contributed by atoms with E-state index in [-0.39, 0.29) is 36.2 Å². The minimum atomic E-state index is -0.231. The smallest absolute Gasteiger partial charge is 0.409 e. The second-order valence-corrected chi connectivity index (χ2v) is 6.71. The van der Waals surface area contributed by atoms with Crippen LogP contribution in [0.25, 0.3) is 0 Å². The van der Waals surface area contributed by atoms with Gasteiger partial charge in [-0.2, -0.15) is 0 Å². The molecule has 28 heavy (non-hydrogen) atoms. The van der Waals surface area contributed by atoms with Gasteiger partial charge in [0.05, 0.1) is 12.7 Å². The lowest BCUT2D eigenvalue weighted by Crippen LogP contribution is -2.54. The number of guanidine groups is 1. The molecule has 7 nitrogen and oxygen atoms in total. The van der Waals surface area contributed by atoms with Crippen molar-refractivity contribution in [2.24, 2.45) is 4.99 Å². The van der Waals surface area contributed by atoms with Gasteiger partial charge in [0.25, 0.3) is 0 Å². The molecule has 0 unspecified atom stereocenters. The Labute approximate surface area is 185 Å². The number of halogens is 1. The molecular weight excluding hydrogens is 471 g/mol. The van der Waals surface area contributed by atoms with Gasteiger partial charge < -0.3 is 24.6 Å². The molecule has 1 aromatic carbocycles. The summed E-state index contributed by atoms with van der Waals surface area (Å²) in [5.41, 5.74) is 1.25. The molecule has 0 bridgehead atoms. The minimum Gasteiger partial charge on any atom is -0.491 e. The van der Waals surface area contributed by atoms with Crippen molar-refractivity contribution in [2.75, 3.05) is 46.4 Å². The fourth-order valence-corrected chi connectivity index (χ4v) is 2.97. The Morgan fingerprint density at radius 3 is 2.29 bits per heavy atom. The van der Waals surface area contributed by atoms with E-state index in [0.717, 1.165) is 37.8 Å². The van der Waals surface area contributed by atoms with Crippen LogP contribution in [0.3, 0.4) is 0 Å². The Kier molecular flexibility index (Phi) is 11.0. The van der Waals surface area contributed by atoms with Gasteiger partial charge in [-0.05, 0) is 44.9 Å². The molecule has 2 rings (SSSR count). The molecule has 1 amide bonds. The molecule has 1 heterocycles. The Bertz CT molecular complexity index is 614. The van der Waals surface area contributed by atoms with Crippen molar-refractivity contribution in [3.05, 3.63) is 29.8 Å². The van der Waals surface area contributed by atoms with Crippen LogP contribution in [-0.4, -0.2) is 74.3 Å². The third kappa shape index (κ3) is 7.73. The monoisotopic (exact) mass is 504 g/mol. The number of hydrogen-bond acceptors (Lipinski definition) is 4. The Hall–Kier alpha value is -1.71. The maximum atomic E-state index is 11.8. The molecule has 8 heteroatoms. The van der Waals surface area contributed by atoms with Crippen LogP contribution in [-0.2, 0) is 11.2 Å². The molecule has 1 N–H and O–H groups in total. The van der Waals surface area contributed by atoms with Crippen molar-refractivity contribution in [3.8, 4) is 5.75 Å². The van der Waals surface area contributed by atoms with Gasteiger partial charge in [0.2, 0.25) is 0 Å². The lowest BCUT2D eigenvalue weighted by atomic mass is 10.1. The second kappa shape index (κ2) is 12.7. The molecule has 158 valence electrons. The molecule has 0 aliphatic carbocycles. The lowest BCUT2D eigenvalue weighted by molar-refractivity contribution is 0.0915. The number of hydrogen-bond donors (Lipinski definition) is 1. The first-order valence-corrected chi connectivity index (χ1v) is 9.66. The van der Waals surface area contributed by atoms with Gasteiger partial charge >= 0.3 is 6.09 Å². The highest BCUT2D eigenvalue weighted by molar-refractivity contribution is 14.0. The third-order valence-corrected chi connectivity index (χ3v) is 4.31. The number of piperazine rings is 1. The van der Waals surface area contributed by atoms with E-state index >= 15 is 0 Å². The molecule has 1 aliphatic rings. The number of benzene rings is 1. The quantitative estimate of drug-likeness (QED) is 0.367. The van der Waals surface area contributed by atoms with Crippen molar-refractivity contribution < 1.29 is 14.3 Å². The van der Waals surface area contributed by atoms with Crippen LogP contribution in [0.2, 0.25) is 0 Å². The van der Waals surface area contributed by atoms with Crippen molar-refractivity contribution in [2.45, 2.75) is 33.3 Å². The van der Waals surface area contributed by atoms with Gasteiger partial charge in [-0.25, -0.2) is 4.79 Å². The topological polar surface area (TPSA) is 66.4 Å². The van der Waals surface area contributed by atoms with E-state index in [1.54, 1.807) is 11.9 Å². The molecule has 0 saturated carbocycles. The molecule has 1 saturated heterocycles. The van der Waals surface area contributed by atoms with E-state index < -0.39 is 0 Å². The fraction of sp³-hybridized carbons (Fsp3) is 0.600. The Morgan fingerprint density at radius 1 is 1.14 bits per heavy atom. The molecule has 1 fully saturated rings. The van der Waals surface area contributed by atoms with Gasteiger partial charge in [-0.1, -0.05) is 12.1 Å². The van der Waals surface area contributed by atoms with Gasteiger partial charge in [0.15, 0.2) is 5.96 Å². The van der Waals surface area contributed by atoms with Gasteiger partial charge in [-0.15, -0.1) is 24.0 Å². The highest BCUT2D eigenvalue weighted by Crippen LogP contribution is 2.14. The predicted molar refractivity (Wildman–Crippen MR) is 123 cm³/mol. The zero-order valence-electron chi connectivity index (χ0n) is 17.3. The first-order valence-electron chi connectivity index (χ1n) is 9.66. The lowest BCUT2D eigenvalue weighted by Gasteiger charge is -2.35. The van der Waals surface area contributed by atoms with Crippen LogP contribution in [0.4, 0.5) is 4.79 Å². The van der Waals surface area contributed by atoms with Crippen molar-refractivity contribution in [3.63, 3.8) is 0 Å². The van der Waals surface area contributed by atoms with Crippen LogP contribution < -0.4 is 10.1 Å². The zero-order valence-corrected chi connectivity index (χ0v) is 19.6. The summed E-state index contributed by atoms with van der Waals surface area (Å²) in [6, 6.07) is 8.22. The molecule has 0 aromatic heterocycles. The number of rotatable bonds is 6. The summed E-state index contributed by atoms with van der Waals surface area (Å²) >= 11 is 0. The van der Waals surface area contributed by atoms with Crippen LogP contribution in [0.1, 0.15) is 26.3 Å². The summed E-state index contributed by atoms with van der Waals surface area (Å²) in [4.78, 5) is 20.1. The van der Waals surface area contributed by atoms with Gasteiger partial charge in [0.1, 0.15) is 5.75 Å². The van der Waals surface area contributed by atoms with Gasteiger partial charge in [-0.3, -0.25) is 4.99 Å². The van der Waals surface area contributed by atoms with Crippen LogP contribution in [0, 0.1) is 0 Å². The Morgan fingerprint density at radius 2 is 1.75 bits per heavy atom. The average molecular weight is 504 g/mol. The van der Waals surface area contributed by atoms with E-state index in [1.807, 2.05) is 32.9 Å². The summed E-state index contributed by atoms with van der Waals surface area (Å²) in [5, 5.41) is 3.41. The van der Waals surface area contributed by atoms with Crippen molar-refractivity contribution in [1.82, 2.24) is 15.1 Å². The summed E-state index contributed by atoms with van der Waals surface area (Å²) in [5.74, 6) is 1.77. The van der Waals surface area contributed by atoms with E-state index in [9.17, 15) is 4.79 Å². The number of carbonyl (C=O) groups is 1. The third-order valence-electron chi connectivity index (χ3n) is 4.31. The summed E-state index contributed by atoms with van der Waals surface area (Å²) in [7, 11) is 1.79. The largest absolute Gasteiger partial charge is 0.491 e. The van der Waals surface area contributed by atoms with Crippen LogP contribution in [0.15, 0.2) is 29.3 Å². The van der Waals surface area contributed by atoms with Crippen molar-refractivity contribution >= 4 is 36.0 Å². The number of nitrogens with zero attached hydrogens (tertiary/aromatic N) is 3. The normalized spacial score (nSPS) is 14.5. The van der Waals surface area contributed by atoms with Crippen molar-refractivity contribution in [1.29, 1.82) is 0 Å². The number of amides is 1. The number of nitrogens with one attached hydrogen (secondary N) is 1. The number of carbonyl (C=O) groups excluding carboxylic acids is 1. The second-order valence-electron chi connectivity index (χ2n) is 6.71. The standard InChI is InChI=1S/C20H32N4O3.HI/c1-5-26-20(25)24-14-12-23(13-15-24)19(21-4)22-11-10-17-6-8-18(9-7-17)27-16(2)3;/h6-9,16H,5,10-15H2,1-4H3,(H,21,22);1H. The van der Waals surface area contributed by atoms with E-state index in [4.69, 9.17) is 9.47 Å². The van der Waals surface area contributed by atoms with E-state index in [1.165, 1.54) is 5.56 Å². The molecular formula is C20H33IN4O3. The number of aliphatic imine (C=N–C) groups is 1. The first kappa shape index (κ1) is 24.3. The van der Waals surface area contributed by atoms with E-state index in [2.05, 4.69) is 27.3 Å². The molecule has 0 spiro atoms. The SMILES string of the molecule is CCOC(=O)N1CCN(C(=NC)NCCc2ccc(OC(C)C)cc2)CC1.I. The average Bonchev–Trinajstić information content (AvgIpc) is 2.66. The van der Waals surface area contributed by atoms with Crippen LogP contribution >= 0.6 is 24.0 Å². The molecule has 1 aromatic rings. The predicted octanol–water partition coefficient (Wildman–Crippen LogP) is 2.98. The molecule has 0 atom stereocenters. The highest BCUT2D eigenvalue weighted by Gasteiger charge is 2.23. The highest BCUT2D eigenvalue weighted by atomic mass is 127. The maximum Gasteiger partial charge on any atom is 0.409 e. The summed E-state index contributed by atoms with van der Waals surface area (Å²) in [6.45, 7) is 9.88. The summed E-state index contributed by atoms with van der Waals surface area (Å²) < 4.78 is 10.7. The number of ether oxygens (including phenoxy) is 2. The van der Waals surface area contributed by atoms with E-state index in [0.29, 0.717) is 19.7 Å². The van der Waals surface area contributed by atoms with Gasteiger partial charge in [0, 0.05) is 39.8 Å². The molecule has 0 radical (unpaired) electrons. The van der Waals surface area contributed by atoms with Crippen LogP contribution in [0.5, 0.6) is 5.75 Å². The zero-order chi connectivity index (χ0) is 19.6.